The quantitative estimate of drug-likeness (QED) is 0.675. The zero-order valence-corrected chi connectivity index (χ0v) is 17.0. The predicted molar refractivity (Wildman–Crippen MR) is 103 cm³/mol. The van der Waals surface area contributed by atoms with Gasteiger partial charge in [-0.2, -0.15) is 0 Å². The Hall–Kier alpha value is 0.200. The molecule has 3 aliphatic carbocycles. The number of allylic oxidation sites excluding steroid dienone is 1. The van der Waals surface area contributed by atoms with Crippen molar-refractivity contribution in [2.24, 2.45) is 40.2 Å². The fourth-order valence-electron chi connectivity index (χ4n) is 6.73. The molecule has 0 bridgehead atoms. The van der Waals surface area contributed by atoms with Gasteiger partial charge in [-0.1, -0.05) is 37.0 Å². The van der Waals surface area contributed by atoms with Crippen LogP contribution >= 0.6 is 23.2 Å². The Kier molecular flexibility index (Phi) is 5.84. The van der Waals surface area contributed by atoms with Gasteiger partial charge >= 0.3 is 0 Å². The summed E-state index contributed by atoms with van der Waals surface area (Å²) in [4.78, 5) is 0. The third-order valence-electron chi connectivity index (χ3n) is 8.29. The molecule has 3 aliphatic rings. The summed E-state index contributed by atoms with van der Waals surface area (Å²) in [5, 5.41) is 20.1. The molecule has 144 valence electrons. The molecule has 3 fully saturated rings. The van der Waals surface area contributed by atoms with Crippen molar-refractivity contribution in [3.8, 4) is 0 Å². The molecule has 25 heavy (non-hydrogen) atoms. The van der Waals surface area contributed by atoms with Crippen LogP contribution in [0.2, 0.25) is 0 Å². The number of hydrogen-bond acceptors (Lipinski definition) is 3. The van der Waals surface area contributed by atoms with Crippen molar-refractivity contribution in [2.45, 2.75) is 64.9 Å². The van der Waals surface area contributed by atoms with Crippen molar-refractivity contribution < 1.29 is 10.2 Å². The van der Waals surface area contributed by atoms with Crippen LogP contribution in [-0.2, 0) is 0 Å². The van der Waals surface area contributed by atoms with E-state index in [0.29, 0.717) is 35.2 Å². The van der Waals surface area contributed by atoms with Crippen LogP contribution in [0.4, 0.5) is 0 Å². The molecule has 0 radical (unpaired) electrons. The Morgan fingerprint density at radius 1 is 1.16 bits per heavy atom. The molecule has 3 saturated carbocycles. The molecule has 5 heteroatoms. The van der Waals surface area contributed by atoms with Crippen LogP contribution in [0, 0.1) is 34.5 Å². The van der Waals surface area contributed by atoms with Crippen LogP contribution in [0.15, 0.2) is 10.1 Å². The second-order valence-electron chi connectivity index (χ2n) is 9.16. The second-order valence-corrected chi connectivity index (χ2v) is 10.1. The molecule has 0 aromatic heterocycles. The standard InChI is InChI=1S/C20H33Cl2NO2/c1-19(7-5-13(25)9-12(19)11-24)16-6-8-20(2)15(14(16)10-23)3-4-17(20)18(21)22/h12-16,24-25H,3-11,23H2,1-2H3/t12-,13+,14-,15?,16?,19+,20-/m1/s1. The Morgan fingerprint density at radius 3 is 2.48 bits per heavy atom. The van der Waals surface area contributed by atoms with Gasteiger partial charge in [-0.25, -0.2) is 0 Å². The minimum absolute atomic E-state index is 0.0522. The van der Waals surface area contributed by atoms with E-state index < -0.39 is 0 Å². The van der Waals surface area contributed by atoms with Crippen LogP contribution in [0.1, 0.15) is 58.8 Å². The van der Waals surface area contributed by atoms with Crippen molar-refractivity contribution in [3.63, 3.8) is 0 Å². The maximum absolute atomic E-state index is 10.1. The SMILES string of the molecule is C[C@@]12CCC([C@@]3(C)CC[C@H](O)C[C@@H]3CO)[C@H](CN)C1CCC2=C(Cl)Cl. The molecule has 3 nitrogen and oxygen atoms in total. The third-order valence-corrected chi connectivity index (χ3v) is 8.75. The number of hydrogen-bond donors (Lipinski definition) is 3. The summed E-state index contributed by atoms with van der Waals surface area (Å²) < 4.78 is 0.458. The first-order valence-corrected chi connectivity index (χ1v) is 10.6. The first-order chi connectivity index (χ1) is 11.8. The first kappa shape index (κ1) is 19.9. The second kappa shape index (κ2) is 7.31. The molecular weight excluding hydrogens is 357 g/mol. The molecule has 3 rings (SSSR count). The third kappa shape index (κ3) is 3.18. The molecule has 0 amide bonds. The topological polar surface area (TPSA) is 66.5 Å². The van der Waals surface area contributed by atoms with E-state index in [1.54, 1.807) is 0 Å². The molecule has 0 saturated heterocycles. The zero-order valence-electron chi connectivity index (χ0n) is 15.5. The van der Waals surface area contributed by atoms with Gasteiger partial charge in [-0.3, -0.25) is 0 Å². The molecule has 0 spiro atoms. The fourth-order valence-corrected chi connectivity index (χ4v) is 7.35. The lowest BCUT2D eigenvalue weighted by Crippen LogP contribution is -2.52. The Bertz CT molecular complexity index is 536. The van der Waals surface area contributed by atoms with Gasteiger partial charge in [0.25, 0.3) is 0 Å². The number of fused-ring (bicyclic) bond motifs is 1. The molecular formula is C20H33Cl2NO2. The smallest absolute Gasteiger partial charge is 0.106 e. The van der Waals surface area contributed by atoms with E-state index in [1.807, 2.05) is 0 Å². The molecule has 0 aromatic carbocycles. The monoisotopic (exact) mass is 389 g/mol. The molecule has 7 atom stereocenters. The van der Waals surface area contributed by atoms with Gasteiger partial charge in [0.1, 0.15) is 4.49 Å². The summed E-state index contributed by atoms with van der Waals surface area (Å²) >= 11 is 12.4. The summed E-state index contributed by atoms with van der Waals surface area (Å²) in [6.07, 6.45) is 6.52. The number of rotatable bonds is 3. The summed E-state index contributed by atoms with van der Waals surface area (Å²) in [6.45, 7) is 5.48. The predicted octanol–water partition coefficient (Wildman–Crippen LogP) is 4.24. The van der Waals surface area contributed by atoms with E-state index in [1.165, 1.54) is 5.57 Å². The first-order valence-electron chi connectivity index (χ1n) is 9.81. The van der Waals surface area contributed by atoms with Crippen LogP contribution in [0.5, 0.6) is 0 Å². The average Bonchev–Trinajstić information content (AvgIpc) is 2.93. The van der Waals surface area contributed by atoms with Gasteiger partial charge in [0.15, 0.2) is 0 Å². The van der Waals surface area contributed by atoms with E-state index in [9.17, 15) is 10.2 Å². The van der Waals surface area contributed by atoms with Crippen molar-refractivity contribution >= 4 is 23.2 Å². The van der Waals surface area contributed by atoms with Crippen molar-refractivity contribution in [1.82, 2.24) is 0 Å². The average molecular weight is 390 g/mol. The summed E-state index contributed by atoms with van der Waals surface area (Å²) in [6, 6.07) is 0. The van der Waals surface area contributed by atoms with Gasteiger partial charge in [0, 0.05) is 6.61 Å². The highest BCUT2D eigenvalue weighted by atomic mass is 35.5. The largest absolute Gasteiger partial charge is 0.396 e. The zero-order chi connectivity index (χ0) is 18.4. The lowest BCUT2D eigenvalue weighted by molar-refractivity contribution is -0.0917. The Balaban J connectivity index is 1.91. The van der Waals surface area contributed by atoms with E-state index in [-0.39, 0.29) is 29.5 Å². The molecule has 0 heterocycles. The van der Waals surface area contributed by atoms with Crippen LogP contribution in [0.3, 0.4) is 0 Å². The van der Waals surface area contributed by atoms with Crippen LogP contribution in [-0.4, -0.2) is 29.5 Å². The minimum Gasteiger partial charge on any atom is -0.396 e. The van der Waals surface area contributed by atoms with Gasteiger partial charge in [-0.15, -0.1) is 0 Å². The lowest BCUT2D eigenvalue weighted by Gasteiger charge is -2.56. The van der Waals surface area contributed by atoms with E-state index >= 15 is 0 Å². The van der Waals surface area contributed by atoms with Crippen molar-refractivity contribution in [1.29, 1.82) is 0 Å². The van der Waals surface area contributed by atoms with E-state index in [4.69, 9.17) is 28.9 Å². The normalized spacial score (nSPS) is 47.6. The van der Waals surface area contributed by atoms with Crippen LogP contribution < -0.4 is 5.73 Å². The molecule has 4 N–H and O–H groups in total. The van der Waals surface area contributed by atoms with Gasteiger partial charge in [0.05, 0.1) is 6.10 Å². The van der Waals surface area contributed by atoms with E-state index in [2.05, 4.69) is 13.8 Å². The number of nitrogens with two attached hydrogens (primary N) is 1. The number of aliphatic hydroxyl groups excluding tert-OH is 2. The molecule has 2 unspecified atom stereocenters. The molecule has 0 aromatic rings. The summed E-state index contributed by atoms with van der Waals surface area (Å²) in [7, 11) is 0. The lowest BCUT2D eigenvalue weighted by atomic mass is 9.49. The highest BCUT2D eigenvalue weighted by Crippen LogP contribution is 2.64. The fraction of sp³-hybridized carbons (Fsp3) is 0.900. The highest BCUT2D eigenvalue weighted by Gasteiger charge is 2.57. The van der Waals surface area contributed by atoms with Crippen LogP contribution in [0.25, 0.3) is 0 Å². The van der Waals surface area contributed by atoms with Gasteiger partial charge in [-0.05, 0) is 91.6 Å². The number of aliphatic hydroxyl groups is 2. The van der Waals surface area contributed by atoms with E-state index in [0.717, 1.165) is 38.5 Å². The van der Waals surface area contributed by atoms with Crippen molar-refractivity contribution in [3.05, 3.63) is 10.1 Å². The highest BCUT2D eigenvalue weighted by molar-refractivity contribution is 6.56. The van der Waals surface area contributed by atoms with Gasteiger partial charge in [0.2, 0.25) is 0 Å². The number of halogens is 2. The van der Waals surface area contributed by atoms with Gasteiger partial charge < -0.3 is 15.9 Å². The van der Waals surface area contributed by atoms with Crippen molar-refractivity contribution in [2.75, 3.05) is 13.2 Å². The maximum Gasteiger partial charge on any atom is 0.106 e. The molecule has 0 aliphatic heterocycles. The summed E-state index contributed by atoms with van der Waals surface area (Å²) in [5.74, 6) is 1.60. The Labute approximate surface area is 162 Å². The summed E-state index contributed by atoms with van der Waals surface area (Å²) in [5.41, 5.74) is 7.66. The maximum atomic E-state index is 10.1. The minimum atomic E-state index is -0.272. The Morgan fingerprint density at radius 2 is 1.88 bits per heavy atom.